The SMILES string of the molecule is O=Cc1c[nH]c2ccc(Br)c(O)c12. The van der Waals surface area contributed by atoms with E-state index in [9.17, 15) is 9.90 Å². The average Bonchev–Trinajstić information content (AvgIpc) is 2.55. The molecular weight excluding hydrogens is 234 g/mol. The zero-order chi connectivity index (χ0) is 9.42. The van der Waals surface area contributed by atoms with E-state index < -0.39 is 0 Å². The number of benzene rings is 1. The summed E-state index contributed by atoms with van der Waals surface area (Å²) in [6.45, 7) is 0. The lowest BCUT2D eigenvalue weighted by Gasteiger charge is -1.98. The Hall–Kier alpha value is -1.29. The van der Waals surface area contributed by atoms with E-state index in [1.807, 2.05) is 0 Å². The number of aromatic nitrogens is 1. The molecule has 0 unspecified atom stereocenters. The summed E-state index contributed by atoms with van der Waals surface area (Å²) in [5.74, 6) is 0.0980. The van der Waals surface area contributed by atoms with Gasteiger partial charge in [-0.25, -0.2) is 0 Å². The van der Waals surface area contributed by atoms with Gasteiger partial charge in [0.2, 0.25) is 0 Å². The molecule has 1 aromatic carbocycles. The molecule has 0 saturated carbocycles. The van der Waals surface area contributed by atoms with Gasteiger partial charge in [0.05, 0.1) is 9.86 Å². The highest BCUT2D eigenvalue weighted by Gasteiger charge is 2.09. The van der Waals surface area contributed by atoms with E-state index in [1.165, 1.54) is 0 Å². The van der Waals surface area contributed by atoms with Crippen LogP contribution in [-0.4, -0.2) is 16.4 Å². The molecule has 0 aliphatic heterocycles. The molecule has 2 N–H and O–H groups in total. The molecule has 2 rings (SSSR count). The molecular formula is C9H6BrNO2. The summed E-state index contributed by atoms with van der Waals surface area (Å²) in [4.78, 5) is 13.5. The summed E-state index contributed by atoms with van der Waals surface area (Å²) in [5, 5.41) is 10.2. The van der Waals surface area contributed by atoms with Crippen LogP contribution in [0.15, 0.2) is 22.8 Å². The summed E-state index contributed by atoms with van der Waals surface area (Å²) >= 11 is 3.18. The summed E-state index contributed by atoms with van der Waals surface area (Å²) in [6, 6.07) is 3.52. The second kappa shape index (κ2) is 2.88. The van der Waals surface area contributed by atoms with Crippen LogP contribution in [-0.2, 0) is 0 Å². The number of nitrogens with one attached hydrogen (secondary N) is 1. The first kappa shape index (κ1) is 8.31. The van der Waals surface area contributed by atoms with Crippen molar-refractivity contribution in [3.8, 4) is 5.75 Å². The van der Waals surface area contributed by atoms with Crippen LogP contribution in [0.2, 0.25) is 0 Å². The first-order valence-electron chi connectivity index (χ1n) is 3.68. The minimum Gasteiger partial charge on any atom is -0.506 e. The molecule has 66 valence electrons. The molecule has 0 saturated heterocycles. The number of aldehydes is 1. The first-order valence-corrected chi connectivity index (χ1v) is 4.47. The second-order valence-corrected chi connectivity index (χ2v) is 3.53. The topological polar surface area (TPSA) is 53.1 Å². The summed E-state index contributed by atoms with van der Waals surface area (Å²) < 4.78 is 0.586. The Bertz CT molecular complexity index is 476. The van der Waals surface area contributed by atoms with Crippen molar-refractivity contribution in [3.05, 3.63) is 28.4 Å². The largest absolute Gasteiger partial charge is 0.506 e. The minimum atomic E-state index is 0.0980. The fourth-order valence-electron chi connectivity index (χ4n) is 1.30. The summed E-state index contributed by atoms with van der Waals surface area (Å²) in [5.41, 5.74) is 1.22. The predicted molar refractivity (Wildman–Crippen MR) is 53.1 cm³/mol. The van der Waals surface area contributed by atoms with Crippen molar-refractivity contribution in [1.29, 1.82) is 0 Å². The number of rotatable bonds is 1. The van der Waals surface area contributed by atoms with Gasteiger partial charge in [0, 0.05) is 17.3 Å². The Morgan fingerprint density at radius 1 is 1.46 bits per heavy atom. The smallest absolute Gasteiger partial charge is 0.152 e. The van der Waals surface area contributed by atoms with Gasteiger partial charge in [-0.2, -0.15) is 0 Å². The van der Waals surface area contributed by atoms with Crippen molar-refractivity contribution < 1.29 is 9.90 Å². The van der Waals surface area contributed by atoms with Gasteiger partial charge in [0.1, 0.15) is 5.75 Å². The van der Waals surface area contributed by atoms with Gasteiger partial charge in [0.25, 0.3) is 0 Å². The quantitative estimate of drug-likeness (QED) is 0.752. The fraction of sp³-hybridized carbons (Fsp3) is 0. The maximum Gasteiger partial charge on any atom is 0.152 e. The number of aromatic hydroxyl groups is 1. The van der Waals surface area contributed by atoms with Crippen molar-refractivity contribution in [2.45, 2.75) is 0 Å². The van der Waals surface area contributed by atoms with E-state index in [0.717, 1.165) is 5.52 Å². The summed E-state index contributed by atoms with van der Waals surface area (Å²) in [7, 11) is 0. The van der Waals surface area contributed by atoms with Crippen LogP contribution in [0, 0.1) is 0 Å². The third kappa shape index (κ3) is 1.14. The predicted octanol–water partition coefficient (Wildman–Crippen LogP) is 2.45. The van der Waals surface area contributed by atoms with Gasteiger partial charge in [-0.1, -0.05) is 0 Å². The Morgan fingerprint density at radius 3 is 2.92 bits per heavy atom. The van der Waals surface area contributed by atoms with Gasteiger partial charge in [-0.3, -0.25) is 4.79 Å². The molecule has 0 radical (unpaired) electrons. The van der Waals surface area contributed by atoms with E-state index in [-0.39, 0.29) is 5.75 Å². The Morgan fingerprint density at radius 2 is 2.23 bits per heavy atom. The number of aromatic amines is 1. The van der Waals surface area contributed by atoms with E-state index in [2.05, 4.69) is 20.9 Å². The van der Waals surface area contributed by atoms with Crippen LogP contribution in [0.1, 0.15) is 10.4 Å². The molecule has 0 spiro atoms. The first-order chi connectivity index (χ1) is 6.24. The number of carbonyl (C=O) groups is 1. The van der Waals surface area contributed by atoms with Crippen LogP contribution < -0.4 is 0 Å². The van der Waals surface area contributed by atoms with Gasteiger partial charge < -0.3 is 10.1 Å². The third-order valence-corrected chi connectivity index (χ3v) is 2.57. The molecule has 3 nitrogen and oxygen atoms in total. The molecule has 2 aromatic rings. The maximum absolute atomic E-state index is 10.6. The number of hydrogen-bond donors (Lipinski definition) is 2. The molecule has 13 heavy (non-hydrogen) atoms. The Kier molecular flexibility index (Phi) is 1.84. The molecule has 0 bridgehead atoms. The van der Waals surface area contributed by atoms with E-state index in [0.29, 0.717) is 21.7 Å². The van der Waals surface area contributed by atoms with Crippen molar-refractivity contribution in [2.75, 3.05) is 0 Å². The standard InChI is InChI=1S/C9H6BrNO2/c10-6-1-2-7-8(9(6)13)5(4-12)3-11-7/h1-4,11,13H. The van der Waals surface area contributed by atoms with E-state index in [4.69, 9.17) is 0 Å². The number of phenolic OH excluding ortho intramolecular Hbond substituents is 1. The lowest BCUT2D eigenvalue weighted by atomic mass is 10.2. The van der Waals surface area contributed by atoms with Crippen molar-refractivity contribution in [3.63, 3.8) is 0 Å². The monoisotopic (exact) mass is 239 g/mol. The van der Waals surface area contributed by atoms with Crippen LogP contribution in [0.5, 0.6) is 5.75 Å². The normalized spacial score (nSPS) is 10.5. The van der Waals surface area contributed by atoms with Gasteiger partial charge in [-0.15, -0.1) is 0 Å². The average molecular weight is 240 g/mol. The van der Waals surface area contributed by atoms with Crippen LogP contribution in [0.4, 0.5) is 0 Å². The number of halogens is 1. The van der Waals surface area contributed by atoms with E-state index >= 15 is 0 Å². The highest BCUT2D eigenvalue weighted by molar-refractivity contribution is 9.10. The lowest BCUT2D eigenvalue weighted by Crippen LogP contribution is -1.77. The maximum atomic E-state index is 10.6. The van der Waals surface area contributed by atoms with Gasteiger partial charge >= 0.3 is 0 Å². The van der Waals surface area contributed by atoms with Crippen molar-refractivity contribution >= 4 is 33.1 Å². The third-order valence-electron chi connectivity index (χ3n) is 1.93. The molecule has 0 aliphatic carbocycles. The zero-order valence-electron chi connectivity index (χ0n) is 6.54. The zero-order valence-corrected chi connectivity index (χ0v) is 8.13. The fourth-order valence-corrected chi connectivity index (χ4v) is 1.63. The second-order valence-electron chi connectivity index (χ2n) is 2.68. The van der Waals surface area contributed by atoms with Crippen LogP contribution in [0.3, 0.4) is 0 Å². The number of phenols is 1. The molecule has 0 aliphatic rings. The summed E-state index contributed by atoms with van der Waals surface area (Å²) in [6.07, 6.45) is 2.29. The number of H-pyrrole nitrogens is 1. The Balaban J connectivity index is 2.93. The highest BCUT2D eigenvalue weighted by Crippen LogP contribution is 2.33. The minimum absolute atomic E-state index is 0.0980. The molecule has 1 aromatic heterocycles. The van der Waals surface area contributed by atoms with Gasteiger partial charge in [-0.05, 0) is 28.1 Å². The molecule has 0 amide bonds. The van der Waals surface area contributed by atoms with Crippen LogP contribution in [0.25, 0.3) is 10.9 Å². The molecule has 4 heteroatoms. The van der Waals surface area contributed by atoms with Gasteiger partial charge in [0.15, 0.2) is 6.29 Å². The van der Waals surface area contributed by atoms with E-state index in [1.54, 1.807) is 18.3 Å². The van der Waals surface area contributed by atoms with Crippen molar-refractivity contribution in [1.82, 2.24) is 4.98 Å². The van der Waals surface area contributed by atoms with Crippen molar-refractivity contribution in [2.24, 2.45) is 0 Å². The molecule has 0 atom stereocenters. The highest BCUT2D eigenvalue weighted by atomic mass is 79.9. The lowest BCUT2D eigenvalue weighted by molar-refractivity contribution is 0.112. The number of hydrogen-bond acceptors (Lipinski definition) is 2. The molecule has 1 heterocycles. The van der Waals surface area contributed by atoms with Crippen LogP contribution >= 0.6 is 15.9 Å². The molecule has 0 fully saturated rings. The number of fused-ring (bicyclic) bond motifs is 1. The Labute approximate surface area is 82.5 Å². The number of carbonyl (C=O) groups excluding carboxylic acids is 1.